The highest BCUT2D eigenvalue weighted by atomic mass is 16.5. The van der Waals surface area contributed by atoms with Crippen LogP contribution < -0.4 is 5.32 Å². The molecule has 1 fully saturated rings. The Morgan fingerprint density at radius 2 is 1.71 bits per heavy atom. The Bertz CT molecular complexity index is 770. The summed E-state index contributed by atoms with van der Waals surface area (Å²) in [6.07, 6.45) is 0. The standard InChI is InChI=1S/C19H26N4O5/c1-5-28-19(27)14-6-7-15(21-13(14)4)17(25)22-8-10-23(11-9-22)18(26)16(24)20-12(2)3/h6-7,12H,5,8-11H2,1-4H3,(H,20,24). The van der Waals surface area contributed by atoms with Crippen molar-refractivity contribution in [2.24, 2.45) is 0 Å². The normalized spacial score (nSPS) is 14.0. The van der Waals surface area contributed by atoms with Crippen molar-refractivity contribution in [1.82, 2.24) is 20.1 Å². The van der Waals surface area contributed by atoms with Crippen molar-refractivity contribution in [2.45, 2.75) is 33.7 Å². The van der Waals surface area contributed by atoms with Gasteiger partial charge in [0.15, 0.2) is 0 Å². The van der Waals surface area contributed by atoms with Gasteiger partial charge in [0, 0.05) is 32.2 Å². The van der Waals surface area contributed by atoms with Crippen LogP contribution in [0.4, 0.5) is 0 Å². The Kier molecular flexibility index (Phi) is 7.08. The van der Waals surface area contributed by atoms with Crippen LogP contribution in [0.2, 0.25) is 0 Å². The number of amides is 3. The van der Waals surface area contributed by atoms with E-state index >= 15 is 0 Å². The quantitative estimate of drug-likeness (QED) is 0.588. The summed E-state index contributed by atoms with van der Waals surface area (Å²) in [4.78, 5) is 55.7. The lowest BCUT2D eigenvalue weighted by molar-refractivity contribution is -0.147. The minimum Gasteiger partial charge on any atom is -0.462 e. The van der Waals surface area contributed by atoms with Crippen LogP contribution in [0.5, 0.6) is 0 Å². The van der Waals surface area contributed by atoms with E-state index in [1.807, 2.05) is 0 Å². The largest absolute Gasteiger partial charge is 0.462 e. The molecule has 1 aliphatic heterocycles. The van der Waals surface area contributed by atoms with Gasteiger partial charge in [0.1, 0.15) is 5.69 Å². The predicted octanol–water partition coefficient (Wildman–Crippen LogP) is 0.376. The first kappa shape index (κ1) is 21.3. The molecule has 1 aromatic rings. The van der Waals surface area contributed by atoms with E-state index < -0.39 is 17.8 Å². The van der Waals surface area contributed by atoms with Gasteiger partial charge in [-0.1, -0.05) is 0 Å². The van der Waals surface area contributed by atoms with Crippen LogP contribution in [0.15, 0.2) is 12.1 Å². The maximum atomic E-state index is 12.7. The molecular formula is C19H26N4O5. The molecule has 0 radical (unpaired) electrons. The number of aromatic nitrogens is 1. The van der Waals surface area contributed by atoms with Crippen molar-refractivity contribution in [3.63, 3.8) is 0 Å². The maximum Gasteiger partial charge on any atom is 0.339 e. The molecule has 9 heteroatoms. The van der Waals surface area contributed by atoms with E-state index in [2.05, 4.69) is 10.3 Å². The third-order valence-electron chi connectivity index (χ3n) is 4.27. The molecule has 0 saturated carbocycles. The third-order valence-corrected chi connectivity index (χ3v) is 4.27. The number of rotatable bonds is 4. The molecule has 2 rings (SSSR count). The van der Waals surface area contributed by atoms with Gasteiger partial charge in [-0.15, -0.1) is 0 Å². The number of nitrogens with zero attached hydrogens (tertiary/aromatic N) is 3. The summed E-state index contributed by atoms with van der Waals surface area (Å²) in [6, 6.07) is 2.91. The molecule has 28 heavy (non-hydrogen) atoms. The van der Waals surface area contributed by atoms with Crippen molar-refractivity contribution in [1.29, 1.82) is 0 Å². The van der Waals surface area contributed by atoms with E-state index in [-0.39, 0.29) is 37.3 Å². The first-order valence-corrected chi connectivity index (χ1v) is 9.28. The monoisotopic (exact) mass is 390 g/mol. The summed E-state index contributed by atoms with van der Waals surface area (Å²) >= 11 is 0. The number of esters is 1. The zero-order valence-corrected chi connectivity index (χ0v) is 16.7. The van der Waals surface area contributed by atoms with Gasteiger partial charge in [-0.3, -0.25) is 14.4 Å². The average Bonchev–Trinajstić information content (AvgIpc) is 2.66. The Morgan fingerprint density at radius 3 is 2.25 bits per heavy atom. The van der Waals surface area contributed by atoms with Crippen molar-refractivity contribution in [2.75, 3.05) is 32.8 Å². The summed E-state index contributed by atoms with van der Waals surface area (Å²) in [7, 11) is 0. The Hall–Kier alpha value is -2.97. The SMILES string of the molecule is CCOC(=O)c1ccc(C(=O)N2CCN(C(=O)C(=O)NC(C)C)CC2)nc1C. The van der Waals surface area contributed by atoms with Crippen LogP contribution in [-0.2, 0) is 14.3 Å². The van der Waals surface area contributed by atoms with E-state index in [0.29, 0.717) is 24.3 Å². The number of pyridine rings is 1. The number of piperazine rings is 1. The molecule has 152 valence electrons. The van der Waals surface area contributed by atoms with Crippen LogP contribution >= 0.6 is 0 Å². The lowest BCUT2D eigenvalue weighted by Gasteiger charge is -2.34. The second-order valence-electron chi connectivity index (χ2n) is 6.76. The van der Waals surface area contributed by atoms with Crippen molar-refractivity contribution in [3.05, 3.63) is 29.1 Å². The molecule has 0 atom stereocenters. The predicted molar refractivity (Wildman–Crippen MR) is 101 cm³/mol. The topological polar surface area (TPSA) is 109 Å². The molecule has 9 nitrogen and oxygen atoms in total. The maximum absolute atomic E-state index is 12.7. The summed E-state index contributed by atoms with van der Waals surface area (Å²) in [5.74, 6) is -1.98. The number of carbonyl (C=O) groups excluding carboxylic acids is 4. The molecule has 2 heterocycles. The minimum atomic E-state index is -0.637. The second kappa shape index (κ2) is 9.29. The Balaban J connectivity index is 1.98. The number of ether oxygens (including phenoxy) is 1. The molecular weight excluding hydrogens is 364 g/mol. The summed E-state index contributed by atoms with van der Waals surface area (Å²) in [5, 5.41) is 2.57. The van der Waals surface area contributed by atoms with E-state index in [1.165, 1.54) is 17.0 Å². The van der Waals surface area contributed by atoms with Gasteiger partial charge in [-0.05, 0) is 39.8 Å². The van der Waals surface area contributed by atoms with E-state index in [0.717, 1.165) is 0 Å². The molecule has 0 aliphatic carbocycles. The molecule has 1 aliphatic rings. The molecule has 1 aromatic heterocycles. The Morgan fingerprint density at radius 1 is 1.11 bits per heavy atom. The highest BCUT2D eigenvalue weighted by molar-refractivity contribution is 6.35. The lowest BCUT2D eigenvalue weighted by Crippen LogP contribution is -2.54. The molecule has 0 unspecified atom stereocenters. The zero-order chi connectivity index (χ0) is 20.8. The lowest BCUT2D eigenvalue weighted by atomic mass is 10.1. The van der Waals surface area contributed by atoms with Crippen LogP contribution in [0.1, 0.15) is 47.3 Å². The summed E-state index contributed by atoms with van der Waals surface area (Å²) in [5.41, 5.74) is 0.969. The van der Waals surface area contributed by atoms with Crippen LogP contribution in [0.3, 0.4) is 0 Å². The fourth-order valence-corrected chi connectivity index (χ4v) is 2.85. The summed E-state index contributed by atoms with van der Waals surface area (Å²) in [6.45, 7) is 8.35. The van der Waals surface area contributed by atoms with Crippen molar-refractivity contribution >= 4 is 23.7 Å². The van der Waals surface area contributed by atoms with Gasteiger partial charge in [0.2, 0.25) is 0 Å². The minimum absolute atomic E-state index is 0.119. The average molecular weight is 390 g/mol. The highest BCUT2D eigenvalue weighted by Gasteiger charge is 2.29. The summed E-state index contributed by atoms with van der Waals surface area (Å²) < 4.78 is 4.96. The zero-order valence-electron chi connectivity index (χ0n) is 16.7. The van der Waals surface area contributed by atoms with E-state index in [4.69, 9.17) is 4.74 Å². The van der Waals surface area contributed by atoms with E-state index in [9.17, 15) is 19.2 Å². The van der Waals surface area contributed by atoms with Crippen LogP contribution in [0.25, 0.3) is 0 Å². The smallest absolute Gasteiger partial charge is 0.339 e. The number of nitrogens with one attached hydrogen (secondary N) is 1. The first-order valence-electron chi connectivity index (χ1n) is 9.28. The molecule has 1 saturated heterocycles. The van der Waals surface area contributed by atoms with E-state index in [1.54, 1.807) is 32.6 Å². The van der Waals surface area contributed by atoms with Gasteiger partial charge in [-0.2, -0.15) is 0 Å². The second-order valence-corrected chi connectivity index (χ2v) is 6.76. The van der Waals surface area contributed by atoms with Gasteiger partial charge in [0.25, 0.3) is 5.91 Å². The Labute approximate surface area is 164 Å². The number of hydrogen-bond acceptors (Lipinski definition) is 6. The molecule has 0 bridgehead atoms. The van der Waals surface area contributed by atoms with Gasteiger partial charge in [0.05, 0.1) is 17.9 Å². The van der Waals surface area contributed by atoms with Crippen LogP contribution in [-0.4, -0.2) is 77.3 Å². The number of aryl methyl sites for hydroxylation is 1. The van der Waals surface area contributed by atoms with Crippen LogP contribution in [0, 0.1) is 6.92 Å². The van der Waals surface area contributed by atoms with Gasteiger partial charge < -0.3 is 19.9 Å². The molecule has 3 amide bonds. The fourth-order valence-electron chi connectivity index (χ4n) is 2.85. The molecule has 0 spiro atoms. The van der Waals surface area contributed by atoms with Crippen molar-refractivity contribution < 1.29 is 23.9 Å². The fraction of sp³-hybridized carbons (Fsp3) is 0.526. The van der Waals surface area contributed by atoms with Crippen molar-refractivity contribution in [3.8, 4) is 0 Å². The molecule has 1 N–H and O–H groups in total. The van der Waals surface area contributed by atoms with Gasteiger partial charge >= 0.3 is 17.8 Å². The highest BCUT2D eigenvalue weighted by Crippen LogP contribution is 2.12. The third kappa shape index (κ3) is 5.05. The van der Waals surface area contributed by atoms with Gasteiger partial charge in [-0.25, -0.2) is 9.78 Å². The first-order chi connectivity index (χ1) is 13.2. The molecule has 0 aromatic carbocycles. The number of carbonyl (C=O) groups is 4. The number of hydrogen-bond donors (Lipinski definition) is 1.